The van der Waals surface area contributed by atoms with Gasteiger partial charge in [-0.2, -0.15) is 0 Å². The number of benzene rings is 2. The second-order valence-corrected chi connectivity index (χ2v) is 5.86. The average Bonchev–Trinajstić information content (AvgIpc) is 2.41. The quantitative estimate of drug-likeness (QED) is 0.678. The molecular weight excluding hydrogens is 268 g/mol. The maximum absolute atomic E-state index is 6.53. The van der Waals surface area contributed by atoms with Crippen molar-refractivity contribution < 1.29 is 4.74 Å². The van der Waals surface area contributed by atoms with Crippen molar-refractivity contribution in [3.8, 4) is 5.75 Å². The van der Waals surface area contributed by atoms with Crippen LogP contribution in [0, 0.1) is 6.92 Å². The predicted octanol–water partition coefficient (Wildman–Crippen LogP) is 5.30. The minimum Gasteiger partial charge on any atom is -0.491 e. The van der Waals surface area contributed by atoms with Gasteiger partial charge in [0.05, 0.1) is 11.5 Å². The molecule has 2 heteroatoms. The van der Waals surface area contributed by atoms with E-state index in [1.165, 1.54) is 11.1 Å². The molecular formula is C18H21ClO. The third-order valence-electron chi connectivity index (χ3n) is 3.27. The summed E-state index contributed by atoms with van der Waals surface area (Å²) in [7, 11) is 0. The van der Waals surface area contributed by atoms with Crippen molar-refractivity contribution in [2.24, 2.45) is 0 Å². The van der Waals surface area contributed by atoms with E-state index in [1.54, 1.807) is 0 Å². The van der Waals surface area contributed by atoms with Crippen molar-refractivity contribution >= 4 is 11.6 Å². The molecule has 1 unspecified atom stereocenters. The molecule has 0 spiro atoms. The number of ether oxygens (including phenoxy) is 1. The molecule has 0 aliphatic rings. The minimum atomic E-state index is -0.0100. The van der Waals surface area contributed by atoms with Crippen LogP contribution in [0.4, 0.5) is 0 Å². The van der Waals surface area contributed by atoms with Gasteiger partial charge < -0.3 is 4.74 Å². The van der Waals surface area contributed by atoms with E-state index in [1.807, 2.05) is 38.1 Å². The van der Waals surface area contributed by atoms with Crippen molar-refractivity contribution in [2.45, 2.75) is 38.7 Å². The zero-order valence-electron chi connectivity index (χ0n) is 12.3. The second-order valence-electron chi connectivity index (χ2n) is 5.33. The first-order valence-electron chi connectivity index (χ1n) is 7.01. The number of halogens is 1. The fraction of sp³-hybridized carbons (Fsp3) is 0.333. The van der Waals surface area contributed by atoms with Crippen LogP contribution >= 0.6 is 11.6 Å². The second kappa shape index (κ2) is 6.81. The molecule has 1 nitrogen and oxygen atoms in total. The summed E-state index contributed by atoms with van der Waals surface area (Å²) in [6.07, 6.45) is 1.04. The van der Waals surface area contributed by atoms with Crippen molar-refractivity contribution in [3.05, 3.63) is 65.2 Å². The van der Waals surface area contributed by atoms with E-state index in [0.29, 0.717) is 0 Å². The van der Waals surface area contributed by atoms with Crippen molar-refractivity contribution in [1.82, 2.24) is 0 Å². The van der Waals surface area contributed by atoms with Crippen molar-refractivity contribution in [3.63, 3.8) is 0 Å². The highest BCUT2D eigenvalue weighted by atomic mass is 35.5. The predicted molar refractivity (Wildman–Crippen MR) is 85.7 cm³/mol. The van der Waals surface area contributed by atoms with Crippen LogP contribution in [-0.4, -0.2) is 6.10 Å². The molecule has 0 aliphatic carbocycles. The smallest absolute Gasteiger partial charge is 0.119 e. The number of rotatable bonds is 5. The molecule has 0 amide bonds. The fourth-order valence-electron chi connectivity index (χ4n) is 2.18. The Bertz CT molecular complexity index is 546. The zero-order chi connectivity index (χ0) is 14.5. The van der Waals surface area contributed by atoms with Gasteiger partial charge in [-0.15, -0.1) is 11.6 Å². The molecule has 0 heterocycles. The number of hydrogen-bond donors (Lipinski definition) is 0. The van der Waals surface area contributed by atoms with Gasteiger partial charge in [0.25, 0.3) is 0 Å². The summed E-state index contributed by atoms with van der Waals surface area (Å²) in [6, 6.07) is 16.5. The molecule has 0 aliphatic heterocycles. The standard InChI is InChI=1S/C18H21ClO/c1-13(2)20-17-10-8-15(9-11-17)18(19)12-16-7-5-4-6-14(16)3/h4-11,13,18H,12H2,1-3H3. The molecule has 106 valence electrons. The maximum Gasteiger partial charge on any atom is 0.119 e. The average molecular weight is 289 g/mol. The number of hydrogen-bond acceptors (Lipinski definition) is 1. The van der Waals surface area contributed by atoms with Crippen LogP contribution in [0.3, 0.4) is 0 Å². The van der Waals surface area contributed by atoms with Gasteiger partial charge in [0.1, 0.15) is 5.75 Å². The summed E-state index contributed by atoms with van der Waals surface area (Å²) in [4.78, 5) is 0. The Morgan fingerprint density at radius 2 is 1.65 bits per heavy atom. The third kappa shape index (κ3) is 4.01. The molecule has 2 rings (SSSR count). The Morgan fingerprint density at radius 3 is 2.25 bits per heavy atom. The lowest BCUT2D eigenvalue weighted by molar-refractivity contribution is 0.242. The monoisotopic (exact) mass is 288 g/mol. The summed E-state index contributed by atoms with van der Waals surface area (Å²) >= 11 is 6.53. The van der Waals surface area contributed by atoms with Crippen LogP contribution in [0.25, 0.3) is 0 Å². The zero-order valence-corrected chi connectivity index (χ0v) is 13.0. The minimum absolute atomic E-state index is 0.0100. The molecule has 0 saturated carbocycles. The van der Waals surface area contributed by atoms with Gasteiger partial charge in [0.2, 0.25) is 0 Å². The van der Waals surface area contributed by atoms with Gasteiger partial charge in [-0.25, -0.2) is 0 Å². The number of alkyl halides is 1. The lowest BCUT2D eigenvalue weighted by Gasteiger charge is -2.14. The summed E-state index contributed by atoms with van der Waals surface area (Å²) < 4.78 is 5.64. The van der Waals surface area contributed by atoms with E-state index in [2.05, 4.69) is 31.2 Å². The fourth-order valence-corrected chi connectivity index (χ4v) is 2.49. The lowest BCUT2D eigenvalue weighted by atomic mass is 10.0. The highest BCUT2D eigenvalue weighted by Gasteiger charge is 2.10. The highest BCUT2D eigenvalue weighted by Crippen LogP contribution is 2.27. The van der Waals surface area contributed by atoms with Crippen LogP contribution < -0.4 is 4.74 Å². The van der Waals surface area contributed by atoms with E-state index < -0.39 is 0 Å². The Morgan fingerprint density at radius 1 is 1.00 bits per heavy atom. The lowest BCUT2D eigenvalue weighted by Crippen LogP contribution is -2.05. The van der Waals surface area contributed by atoms with Gasteiger partial charge in [-0.05, 0) is 56.0 Å². The van der Waals surface area contributed by atoms with Gasteiger partial charge in [0.15, 0.2) is 0 Å². The Kier molecular flexibility index (Phi) is 5.08. The SMILES string of the molecule is Cc1ccccc1CC(Cl)c1ccc(OC(C)C)cc1. The van der Waals surface area contributed by atoms with E-state index in [0.717, 1.165) is 17.7 Å². The molecule has 2 aromatic rings. The molecule has 2 aromatic carbocycles. The van der Waals surface area contributed by atoms with Crippen LogP contribution in [0.2, 0.25) is 0 Å². The van der Waals surface area contributed by atoms with Gasteiger partial charge in [-0.1, -0.05) is 36.4 Å². The topological polar surface area (TPSA) is 9.23 Å². The number of aryl methyl sites for hydroxylation is 1. The largest absolute Gasteiger partial charge is 0.491 e. The van der Waals surface area contributed by atoms with Crippen LogP contribution in [0.15, 0.2) is 48.5 Å². The summed E-state index contributed by atoms with van der Waals surface area (Å²) in [5, 5.41) is -0.0100. The molecule has 0 aromatic heterocycles. The van der Waals surface area contributed by atoms with E-state index in [9.17, 15) is 0 Å². The van der Waals surface area contributed by atoms with Gasteiger partial charge >= 0.3 is 0 Å². The van der Waals surface area contributed by atoms with Crippen LogP contribution in [0.1, 0.15) is 35.9 Å². The molecule has 20 heavy (non-hydrogen) atoms. The molecule has 0 saturated heterocycles. The van der Waals surface area contributed by atoms with Crippen LogP contribution in [-0.2, 0) is 6.42 Å². The summed E-state index contributed by atoms with van der Waals surface area (Å²) in [5.41, 5.74) is 3.72. The molecule has 0 radical (unpaired) electrons. The van der Waals surface area contributed by atoms with Crippen molar-refractivity contribution in [1.29, 1.82) is 0 Å². The first-order valence-corrected chi connectivity index (χ1v) is 7.45. The normalized spacial score (nSPS) is 12.4. The van der Waals surface area contributed by atoms with Crippen LogP contribution in [0.5, 0.6) is 5.75 Å². The molecule has 0 bridgehead atoms. The Balaban J connectivity index is 2.06. The Labute approximate surface area is 126 Å². The third-order valence-corrected chi connectivity index (χ3v) is 3.68. The Hall–Kier alpha value is -1.47. The van der Waals surface area contributed by atoms with E-state index in [-0.39, 0.29) is 11.5 Å². The first kappa shape index (κ1) is 14.9. The molecule has 1 atom stereocenters. The van der Waals surface area contributed by atoms with Gasteiger partial charge in [-0.3, -0.25) is 0 Å². The first-order chi connectivity index (χ1) is 9.56. The highest BCUT2D eigenvalue weighted by molar-refractivity contribution is 6.20. The van der Waals surface area contributed by atoms with E-state index >= 15 is 0 Å². The van der Waals surface area contributed by atoms with E-state index in [4.69, 9.17) is 16.3 Å². The summed E-state index contributed by atoms with van der Waals surface area (Å²) in [6.45, 7) is 6.17. The molecule has 0 N–H and O–H groups in total. The molecule has 0 fully saturated rings. The summed E-state index contributed by atoms with van der Waals surface area (Å²) in [5.74, 6) is 0.892. The maximum atomic E-state index is 6.53. The van der Waals surface area contributed by atoms with Gasteiger partial charge in [0, 0.05) is 0 Å². The van der Waals surface area contributed by atoms with Crippen molar-refractivity contribution in [2.75, 3.05) is 0 Å².